The van der Waals surface area contributed by atoms with Crippen LogP contribution in [0.2, 0.25) is 0 Å². The Labute approximate surface area is 217 Å². The maximum Gasteiger partial charge on any atom is 0.305 e. The highest BCUT2D eigenvalue weighted by molar-refractivity contribution is 5.69. The number of carbonyl (C=O) groups excluding carboxylic acids is 1. The Morgan fingerprint density at radius 2 is 1.06 bits per heavy atom. The second kappa shape index (κ2) is 24.5. The van der Waals surface area contributed by atoms with Gasteiger partial charge in [0, 0.05) is 6.42 Å². The molecule has 36 heavy (non-hydrogen) atoms. The number of hydrogen-bond donors (Lipinski definition) is 6. The van der Waals surface area contributed by atoms with E-state index in [-0.39, 0.29) is 12.6 Å². The van der Waals surface area contributed by atoms with Crippen molar-refractivity contribution in [2.24, 2.45) is 0 Å². The van der Waals surface area contributed by atoms with Gasteiger partial charge in [-0.3, -0.25) is 4.79 Å². The van der Waals surface area contributed by atoms with E-state index < -0.39 is 50.3 Å². The molecule has 0 rings (SSSR count). The van der Waals surface area contributed by atoms with Crippen molar-refractivity contribution in [3.05, 3.63) is 0 Å². The summed E-state index contributed by atoms with van der Waals surface area (Å²) in [5.41, 5.74) is 0. The van der Waals surface area contributed by atoms with Gasteiger partial charge in [-0.1, -0.05) is 96.8 Å². The van der Waals surface area contributed by atoms with Crippen molar-refractivity contribution in [1.29, 1.82) is 0 Å². The van der Waals surface area contributed by atoms with Crippen molar-refractivity contribution in [3.8, 4) is 0 Å². The Morgan fingerprint density at radius 1 is 0.611 bits per heavy atom. The Hall–Kier alpha value is -0.810. The fraction of sp³-hybridized carbons (Fsp3) is 0.963. The second-order valence-electron chi connectivity index (χ2n) is 9.82. The molecule has 5 atom stereocenters. The molecule has 0 spiro atoms. The van der Waals surface area contributed by atoms with Gasteiger partial charge in [0.15, 0.2) is 0 Å². The molecule has 0 radical (unpaired) electrons. The van der Waals surface area contributed by atoms with Crippen LogP contribution >= 0.6 is 0 Å². The quantitative estimate of drug-likeness (QED) is 0.0742. The van der Waals surface area contributed by atoms with E-state index in [1.807, 2.05) is 0 Å². The normalized spacial score (nSPS) is 15.9. The summed E-state index contributed by atoms with van der Waals surface area (Å²) < 4.78 is 10.3. The molecule has 0 aromatic rings. The molecule has 0 heterocycles. The molecule has 0 aromatic heterocycles. The molecular formula is C27H54O9. The minimum absolute atomic E-state index is 0.196. The zero-order valence-corrected chi connectivity index (χ0v) is 22.4. The van der Waals surface area contributed by atoms with Gasteiger partial charge < -0.3 is 40.1 Å². The summed E-state index contributed by atoms with van der Waals surface area (Å²) in [6, 6.07) is 0. The second-order valence-corrected chi connectivity index (χ2v) is 9.82. The molecule has 1 unspecified atom stereocenters. The van der Waals surface area contributed by atoms with Gasteiger partial charge in [0.2, 0.25) is 0 Å². The van der Waals surface area contributed by atoms with Gasteiger partial charge in [0.1, 0.15) is 37.1 Å². The van der Waals surface area contributed by atoms with Gasteiger partial charge >= 0.3 is 5.97 Å². The van der Waals surface area contributed by atoms with Crippen LogP contribution in [0.25, 0.3) is 0 Å². The van der Waals surface area contributed by atoms with Gasteiger partial charge in [0.05, 0.1) is 19.8 Å². The van der Waals surface area contributed by atoms with Crippen molar-refractivity contribution in [2.75, 3.05) is 26.4 Å². The molecule has 9 heteroatoms. The maximum atomic E-state index is 11.9. The molecule has 9 nitrogen and oxygen atoms in total. The van der Waals surface area contributed by atoms with Crippen LogP contribution in [0.1, 0.15) is 110 Å². The van der Waals surface area contributed by atoms with Gasteiger partial charge in [-0.25, -0.2) is 0 Å². The number of aliphatic hydroxyl groups excluding tert-OH is 6. The average molecular weight is 523 g/mol. The highest BCUT2D eigenvalue weighted by Gasteiger charge is 2.30. The van der Waals surface area contributed by atoms with E-state index in [1.165, 1.54) is 77.0 Å². The first-order chi connectivity index (χ1) is 17.4. The van der Waals surface area contributed by atoms with Crippen LogP contribution in [0, 0.1) is 0 Å². The number of rotatable bonds is 26. The topological polar surface area (TPSA) is 157 Å². The summed E-state index contributed by atoms with van der Waals surface area (Å²) in [7, 11) is 0. The number of esters is 1. The Balaban J connectivity index is 3.67. The van der Waals surface area contributed by atoms with E-state index in [0.717, 1.165) is 19.3 Å². The van der Waals surface area contributed by atoms with Gasteiger partial charge in [-0.2, -0.15) is 0 Å². The molecule has 0 aliphatic carbocycles. The molecule has 0 bridgehead atoms. The van der Waals surface area contributed by atoms with Crippen LogP contribution in [0.4, 0.5) is 0 Å². The van der Waals surface area contributed by atoms with E-state index in [1.54, 1.807) is 0 Å². The first-order valence-corrected chi connectivity index (χ1v) is 14.1. The number of unbranched alkanes of at least 4 members (excludes halogenated alkanes) is 14. The third-order valence-corrected chi connectivity index (χ3v) is 6.45. The van der Waals surface area contributed by atoms with Gasteiger partial charge in [-0.15, -0.1) is 0 Å². The van der Waals surface area contributed by atoms with E-state index in [4.69, 9.17) is 14.6 Å². The van der Waals surface area contributed by atoms with Crippen LogP contribution in [0.3, 0.4) is 0 Å². The lowest BCUT2D eigenvalue weighted by molar-refractivity contribution is -0.156. The highest BCUT2D eigenvalue weighted by Crippen LogP contribution is 2.14. The molecule has 6 N–H and O–H groups in total. The number of aliphatic hydroxyl groups is 6. The summed E-state index contributed by atoms with van der Waals surface area (Å²) in [5.74, 6) is -0.381. The van der Waals surface area contributed by atoms with E-state index in [0.29, 0.717) is 6.42 Å². The van der Waals surface area contributed by atoms with Crippen molar-refractivity contribution in [1.82, 2.24) is 0 Å². The van der Waals surface area contributed by atoms with Crippen LogP contribution in [0.5, 0.6) is 0 Å². The third-order valence-electron chi connectivity index (χ3n) is 6.45. The largest absolute Gasteiger partial charge is 0.463 e. The number of ether oxygens (including phenoxy) is 2. The summed E-state index contributed by atoms with van der Waals surface area (Å²) in [6.07, 6.45) is 11.5. The van der Waals surface area contributed by atoms with Crippen LogP contribution in [-0.4, -0.2) is 93.6 Å². The first kappa shape index (κ1) is 35.2. The predicted octanol–water partition coefficient (Wildman–Crippen LogP) is 2.60. The predicted molar refractivity (Wildman–Crippen MR) is 138 cm³/mol. The van der Waals surface area contributed by atoms with Crippen LogP contribution in [0.15, 0.2) is 0 Å². The summed E-state index contributed by atoms with van der Waals surface area (Å²) >= 11 is 0. The lowest BCUT2D eigenvalue weighted by Gasteiger charge is -2.26. The molecule has 216 valence electrons. The Bertz CT molecular complexity index is 492. The molecule has 0 saturated heterocycles. The van der Waals surface area contributed by atoms with E-state index in [2.05, 4.69) is 6.92 Å². The van der Waals surface area contributed by atoms with Crippen molar-refractivity contribution >= 4 is 5.97 Å². The summed E-state index contributed by atoms with van der Waals surface area (Å²) in [6.45, 7) is 0.353. The lowest BCUT2D eigenvalue weighted by atomic mass is 10.0. The summed E-state index contributed by atoms with van der Waals surface area (Å²) in [5, 5.41) is 56.6. The first-order valence-electron chi connectivity index (χ1n) is 14.1. The fourth-order valence-corrected chi connectivity index (χ4v) is 3.95. The minimum atomic E-state index is -1.76. The molecule has 0 aliphatic heterocycles. The van der Waals surface area contributed by atoms with Crippen molar-refractivity contribution < 1.29 is 44.9 Å². The van der Waals surface area contributed by atoms with Crippen molar-refractivity contribution in [3.63, 3.8) is 0 Å². The molecule has 0 aromatic carbocycles. The number of hydrogen-bond acceptors (Lipinski definition) is 9. The zero-order chi connectivity index (χ0) is 27.0. The SMILES string of the molecule is CCCCCCCCCCCCCCCCCC(=O)OCC(CO)OC[C@H](O)[C@@H](O)[C@H](O)[C@H](O)CO. The van der Waals surface area contributed by atoms with E-state index >= 15 is 0 Å². The molecular weight excluding hydrogens is 468 g/mol. The highest BCUT2D eigenvalue weighted by atomic mass is 16.6. The smallest absolute Gasteiger partial charge is 0.305 e. The summed E-state index contributed by atoms with van der Waals surface area (Å²) in [4.78, 5) is 11.9. The molecule has 0 fully saturated rings. The van der Waals surface area contributed by atoms with Gasteiger partial charge in [0.25, 0.3) is 0 Å². The Kier molecular flexibility index (Phi) is 24.0. The average Bonchev–Trinajstić information content (AvgIpc) is 2.89. The monoisotopic (exact) mass is 522 g/mol. The van der Waals surface area contributed by atoms with Crippen LogP contribution in [-0.2, 0) is 14.3 Å². The number of carbonyl (C=O) groups is 1. The molecule has 0 amide bonds. The standard InChI is InChI=1S/C27H54O9/c1-2-3-4-5-6-7-8-9-10-11-12-13-14-15-16-17-25(32)36-20-22(18-28)35-21-24(31)27(34)26(33)23(30)19-29/h22-24,26-31,33-34H,2-21H2,1H3/t22?,23-,24+,26-,27-/m1/s1. The van der Waals surface area contributed by atoms with E-state index in [9.17, 15) is 30.3 Å². The fourth-order valence-electron chi connectivity index (χ4n) is 3.95. The zero-order valence-electron chi connectivity index (χ0n) is 22.4. The Morgan fingerprint density at radius 3 is 1.50 bits per heavy atom. The van der Waals surface area contributed by atoms with Crippen molar-refractivity contribution in [2.45, 2.75) is 140 Å². The third kappa shape index (κ3) is 19.3. The molecule has 0 aliphatic rings. The van der Waals surface area contributed by atoms with Gasteiger partial charge in [-0.05, 0) is 6.42 Å². The van der Waals surface area contributed by atoms with Crippen LogP contribution < -0.4 is 0 Å². The lowest BCUT2D eigenvalue weighted by Crippen LogP contribution is -2.48. The molecule has 0 saturated carbocycles. The minimum Gasteiger partial charge on any atom is -0.463 e. The maximum absolute atomic E-state index is 11.9.